The molecule has 1 aliphatic rings. The second kappa shape index (κ2) is 7.61. The summed E-state index contributed by atoms with van der Waals surface area (Å²) in [6.07, 6.45) is 13.3. The summed E-state index contributed by atoms with van der Waals surface area (Å²) in [7, 11) is 0. The van der Waals surface area contributed by atoms with Crippen molar-refractivity contribution in [3.63, 3.8) is 0 Å². The Balaban J connectivity index is 1.55. The molecule has 6 nitrogen and oxygen atoms in total. The quantitative estimate of drug-likeness (QED) is 0.711. The Morgan fingerprint density at radius 3 is 2.59 bits per heavy atom. The predicted octanol–water partition coefficient (Wildman–Crippen LogP) is 3.49. The summed E-state index contributed by atoms with van der Waals surface area (Å²) in [5.74, 6) is 1.57. The predicted molar refractivity (Wildman–Crippen MR) is 106 cm³/mol. The third-order valence-electron chi connectivity index (χ3n) is 4.79. The molecule has 0 unspecified atom stereocenters. The van der Waals surface area contributed by atoms with Gasteiger partial charge in [0.15, 0.2) is 5.82 Å². The van der Waals surface area contributed by atoms with E-state index in [4.69, 9.17) is 4.98 Å². The van der Waals surface area contributed by atoms with Crippen molar-refractivity contribution in [1.29, 1.82) is 0 Å². The Morgan fingerprint density at radius 2 is 1.93 bits per heavy atom. The molecule has 0 saturated carbocycles. The normalized spacial score (nSPS) is 14.1. The second-order valence-corrected chi connectivity index (χ2v) is 6.64. The Bertz CT molecular complexity index is 950. The van der Waals surface area contributed by atoms with E-state index in [2.05, 4.69) is 37.8 Å². The molecule has 0 atom stereocenters. The van der Waals surface area contributed by atoms with Crippen LogP contribution in [-0.2, 0) is 6.42 Å². The van der Waals surface area contributed by atoms with Gasteiger partial charge in [-0.25, -0.2) is 19.9 Å². The van der Waals surface area contributed by atoms with Crippen molar-refractivity contribution in [2.24, 2.45) is 0 Å². The van der Waals surface area contributed by atoms with Crippen LogP contribution in [0.1, 0.15) is 30.3 Å². The Hall–Kier alpha value is -3.15. The van der Waals surface area contributed by atoms with Gasteiger partial charge in [-0.15, -0.1) is 0 Å². The van der Waals surface area contributed by atoms with Crippen LogP contribution in [0.3, 0.4) is 0 Å². The molecule has 4 heterocycles. The summed E-state index contributed by atoms with van der Waals surface area (Å²) < 4.78 is 0. The van der Waals surface area contributed by atoms with Crippen LogP contribution in [0.15, 0.2) is 49.2 Å². The van der Waals surface area contributed by atoms with Gasteiger partial charge in [-0.1, -0.05) is 13.0 Å². The van der Waals surface area contributed by atoms with Crippen molar-refractivity contribution < 1.29 is 0 Å². The molecule has 136 valence electrons. The fraction of sp³-hybridized carbons (Fsp3) is 0.286. The number of aryl methyl sites for hydroxylation is 2. The van der Waals surface area contributed by atoms with Crippen molar-refractivity contribution in [2.45, 2.75) is 26.7 Å². The number of hydrogen-bond acceptors (Lipinski definition) is 6. The summed E-state index contributed by atoms with van der Waals surface area (Å²) in [5, 5.41) is 0. The minimum Gasteiger partial charge on any atom is -0.337 e. The summed E-state index contributed by atoms with van der Waals surface area (Å²) >= 11 is 0. The molecule has 0 aromatic carbocycles. The molecule has 3 aromatic rings. The smallest absolute Gasteiger partial charge is 0.225 e. The number of rotatable bonds is 4. The van der Waals surface area contributed by atoms with E-state index >= 15 is 0 Å². The lowest BCUT2D eigenvalue weighted by atomic mass is 10.1. The first kappa shape index (κ1) is 17.3. The first-order chi connectivity index (χ1) is 13.2. The molecule has 6 heteroatoms. The van der Waals surface area contributed by atoms with Gasteiger partial charge < -0.3 is 4.90 Å². The first-order valence-electron chi connectivity index (χ1n) is 9.24. The van der Waals surface area contributed by atoms with Gasteiger partial charge in [-0.2, -0.15) is 0 Å². The Kier molecular flexibility index (Phi) is 4.87. The number of anilines is 1. The van der Waals surface area contributed by atoms with Crippen LogP contribution in [-0.4, -0.2) is 38.0 Å². The zero-order valence-corrected chi connectivity index (χ0v) is 15.6. The molecule has 3 aromatic heterocycles. The van der Waals surface area contributed by atoms with Crippen molar-refractivity contribution in [3.8, 4) is 11.3 Å². The van der Waals surface area contributed by atoms with Gasteiger partial charge in [0.2, 0.25) is 5.95 Å². The van der Waals surface area contributed by atoms with Crippen molar-refractivity contribution in [2.75, 3.05) is 18.0 Å². The van der Waals surface area contributed by atoms with Gasteiger partial charge >= 0.3 is 0 Å². The number of pyridine rings is 1. The third-order valence-corrected chi connectivity index (χ3v) is 4.79. The molecule has 0 fully saturated rings. The molecule has 0 saturated heterocycles. The summed E-state index contributed by atoms with van der Waals surface area (Å²) in [6.45, 7) is 5.76. The summed E-state index contributed by atoms with van der Waals surface area (Å²) in [5.41, 5.74) is 5.33. The highest BCUT2D eigenvalue weighted by Crippen LogP contribution is 2.25. The van der Waals surface area contributed by atoms with E-state index in [1.54, 1.807) is 6.20 Å². The molecular formula is C21H22N6. The highest BCUT2D eigenvalue weighted by Gasteiger charge is 2.18. The topological polar surface area (TPSA) is 67.7 Å². The van der Waals surface area contributed by atoms with E-state index in [1.165, 1.54) is 5.57 Å². The average Bonchev–Trinajstić information content (AvgIpc) is 2.75. The van der Waals surface area contributed by atoms with Gasteiger partial charge in [0.25, 0.3) is 0 Å². The maximum absolute atomic E-state index is 4.82. The largest absolute Gasteiger partial charge is 0.337 e. The second-order valence-electron chi connectivity index (χ2n) is 6.64. The lowest BCUT2D eigenvalue weighted by Crippen LogP contribution is -2.30. The zero-order valence-electron chi connectivity index (χ0n) is 15.6. The van der Waals surface area contributed by atoms with E-state index in [1.807, 2.05) is 43.8 Å². The summed E-state index contributed by atoms with van der Waals surface area (Å²) in [6, 6.07) is 3.96. The average molecular weight is 358 g/mol. The maximum atomic E-state index is 4.82. The molecule has 0 amide bonds. The Morgan fingerprint density at radius 1 is 1.07 bits per heavy atom. The Labute approximate surface area is 159 Å². The van der Waals surface area contributed by atoms with Crippen molar-refractivity contribution >= 4 is 11.5 Å². The highest BCUT2D eigenvalue weighted by molar-refractivity contribution is 5.67. The third kappa shape index (κ3) is 3.69. The van der Waals surface area contributed by atoms with Gasteiger partial charge in [0.05, 0.1) is 5.69 Å². The van der Waals surface area contributed by atoms with Crippen molar-refractivity contribution in [1.82, 2.24) is 24.9 Å². The van der Waals surface area contributed by atoms with Crippen LogP contribution in [0.25, 0.3) is 16.8 Å². The zero-order chi connectivity index (χ0) is 18.6. The molecule has 0 radical (unpaired) electrons. The molecule has 0 N–H and O–H groups in total. The molecule has 4 rings (SSSR count). The van der Waals surface area contributed by atoms with Gasteiger partial charge in [0.1, 0.15) is 0 Å². The van der Waals surface area contributed by atoms with Crippen molar-refractivity contribution in [3.05, 3.63) is 66.1 Å². The van der Waals surface area contributed by atoms with Crippen LogP contribution in [0.2, 0.25) is 0 Å². The van der Waals surface area contributed by atoms with E-state index in [0.717, 1.165) is 60.1 Å². The SMILES string of the molecule is CCc1cnc(N2CC=C(c3ncc(C)c(-c4cccnc4)n3)CC2)nc1. The standard InChI is InChI=1S/C21H22N6/c1-3-16-12-24-21(25-13-16)27-9-6-17(7-10-27)20-23-11-15(2)19(26-20)18-5-4-8-22-14-18/h4-6,8,11-14H,3,7,9-10H2,1-2H3. The van der Waals surface area contributed by atoms with Gasteiger partial charge in [-0.3, -0.25) is 4.98 Å². The van der Waals surface area contributed by atoms with Crippen LogP contribution in [0, 0.1) is 6.92 Å². The molecule has 0 bridgehead atoms. The van der Waals surface area contributed by atoms with E-state index in [0.29, 0.717) is 0 Å². The monoisotopic (exact) mass is 358 g/mol. The van der Waals surface area contributed by atoms with Gasteiger partial charge in [0, 0.05) is 49.6 Å². The minimum atomic E-state index is 0.764. The maximum Gasteiger partial charge on any atom is 0.225 e. The van der Waals surface area contributed by atoms with Crippen LogP contribution < -0.4 is 4.90 Å². The lowest BCUT2D eigenvalue weighted by molar-refractivity contribution is 0.787. The number of nitrogens with zero attached hydrogens (tertiary/aromatic N) is 6. The van der Waals surface area contributed by atoms with E-state index < -0.39 is 0 Å². The molecule has 0 aliphatic carbocycles. The summed E-state index contributed by atoms with van der Waals surface area (Å²) in [4.78, 5) is 24.7. The molecule has 0 spiro atoms. The van der Waals surface area contributed by atoms with Crippen LogP contribution >= 0.6 is 0 Å². The fourth-order valence-electron chi connectivity index (χ4n) is 3.14. The van der Waals surface area contributed by atoms with E-state index in [9.17, 15) is 0 Å². The van der Waals surface area contributed by atoms with Gasteiger partial charge in [-0.05, 0) is 48.6 Å². The molecule has 27 heavy (non-hydrogen) atoms. The van der Waals surface area contributed by atoms with Crippen LogP contribution in [0.4, 0.5) is 5.95 Å². The van der Waals surface area contributed by atoms with Crippen LogP contribution in [0.5, 0.6) is 0 Å². The minimum absolute atomic E-state index is 0.764. The lowest BCUT2D eigenvalue weighted by Gasteiger charge is -2.26. The molecule has 1 aliphatic heterocycles. The fourth-order valence-corrected chi connectivity index (χ4v) is 3.14. The number of aromatic nitrogens is 5. The highest BCUT2D eigenvalue weighted by atomic mass is 15.2. The molecular weight excluding hydrogens is 336 g/mol. The first-order valence-corrected chi connectivity index (χ1v) is 9.24. The van der Waals surface area contributed by atoms with E-state index in [-0.39, 0.29) is 0 Å². The number of hydrogen-bond donors (Lipinski definition) is 0.